The van der Waals surface area contributed by atoms with Crippen LogP contribution in [0.1, 0.15) is 5.56 Å². The number of rotatable bonds is 4. The minimum Gasteiger partial charge on any atom is -0.336 e. The summed E-state index contributed by atoms with van der Waals surface area (Å²) >= 11 is 2.89. The number of carbonyl (C=O) groups excluding carboxylic acids is 2. The van der Waals surface area contributed by atoms with Gasteiger partial charge in [0.05, 0.1) is 11.4 Å². The van der Waals surface area contributed by atoms with E-state index in [0.717, 1.165) is 15.6 Å². The molecule has 3 rings (SSSR count). The van der Waals surface area contributed by atoms with Gasteiger partial charge in [-0.25, -0.2) is 9.78 Å². The zero-order valence-corrected chi connectivity index (χ0v) is 13.7. The predicted molar refractivity (Wildman–Crippen MR) is 88.1 cm³/mol. The Morgan fingerprint density at radius 2 is 2.18 bits per heavy atom. The van der Waals surface area contributed by atoms with Gasteiger partial charge in [-0.1, -0.05) is 41.6 Å². The van der Waals surface area contributed by atoms with Crippen LogP contribution < -0.4 is 5.32 Å². The Labute approximate surface area is 136 Å². The number of thiazole rings is 1. The van der Waals surface area contributed by atoms with Gasteiger partial charge in [-0.2, -0.15) is 0 Å². The third-order valence-electron chi connectivity index (χ3n) is 3.31. The molecule has 0 spiro atoms. The minimum atomic E-state index is -0.301. The van der Waals surface area contributed by atoms with Crippen molar-refractivity contribution in [2.45, 2.75) is 11.3 Å². The topological polar surface area (TPSA) is 62.3 Å². The van der Waals surface area contributed by atoms with Crippen molar-refractivity contribution in [3.8, 4) is 11.3 Å². The fourth-order valence-electron chi connectivity index (χ4n) is 2.09. The zero-order valence-electron chi connectivity index (χ0n) is 12.0. The molecular formula is C15H15N3O2S2. The lowest BCUT2D eigenvalue weighted by Gasteiger charge is -2.10. The van der Waals surface area contributed by atoms with Crippen molar-refractivity contribution in [3.63, 3.8) is 0 Å². The van der Waals surface area contributed by atoms with Gasteiger partial charge < -0.3 is 5.32 Å². The van der Waals surface area contributed by atoms with E-state index in [9.17, 15) is 9.59 Å². The van der Waals surface area contributed by atoms with E-state index in [1.54, 1.807) is 0 Å². The van der Waals surface area contributed by atoms with E-state index in [2.05, 4.69) is 22.4 Å². The van der Waals surface area contributed by atoms with E-state index < -0.39 is 0 Å². The lowest BCUT2D eigenvalue weighted by molar-refractivity contribution is -0.124. The van der Waals surface area contributed by atoms with E-state index in [-0.39, 0.29) is 17.7 Å². The van der Waals surface area contributed by atoms with Crippen LogP contribution in [0.25, 0.3) is 11.3 Å². The summed E-state index contributed by atoms with van der Waals surface area (Å²) in [5.74, 6) is 0.0564. The first kappa shape index (κ1) is 15.1. The molecule has 5 nitrogen and oxygen atoms in total. The Balaban J connectivity index is 1.61. The third-order valence-corrected chi connectivity index (χ3v) is 5.31. The summed E-state index contributed by atoms with van der Waals surface area (Å²) in [5.41, 5.74) is 3.20. The van der Waals surface area contributed by atoms with Gasteiger partial charge in [0, 0.05) is 24.0 Å². The number of carbonyl (C=O) groups is 2. The number of nitrogens with one attached hydrogen (secondary N) is 1. The molecule has 0 bridgehead atoms. The molecule has 22 heavy (non-hydrogen) atoms. The molecule has 1 aliphatic rings. The van der Waals surface area contributed by atoms with Crippen molar-refractivity contribution >= 4 is 35.0 Å². The van der Waals surface area contributed by atoms with Crippen molar-refractivity contribution in [2.75, 3.05) is 18.8 Å². The van der Waals surface area contributed by atoms with Gasteiger partial charge in [-0.3, -0.25) is 9.69 Å². The van der Waals surface area contributed by atoms with Crippen molar-refractivity contribution < 1.29 is 9.59 Å². The number of hydrogen-bond acceptors (Lipinski definition) is 5. The Kier molecular flexibility index (Phi) is 4.44. The van der Waals surface area contributed by atoms with Gasteiger partial charge in [0.2, 0.25) is 5.91 Å². The molecule has 1 saturated heterocycles. The molecule has 0 atom stereocenters. The number of nitrogens with zero attached hydrogens (tertiary/aromatic N) is 2. The number of urea groups is 1. The average Bonchev–Trinajstić information content (AvgIpc) is 3.14. The molecule has 0 aliphatic carbocycles. The molecule has 1 aromatic heterocycles. The molecule has 114 valence electrons. The Morgan fingerprint density at radius 1 is 1.41 bits per heavy atom. The molecule has 1 aromatic carbocycles. The minimum absolute atomic E-state index is 0.174. The standard InChI is InChI=1S/C15H15N3O2S2/c1-10-2-4-11(5-3-10)12-8-21-15(17-12)22-9-13(19)18-7-6-16-14(18)20/h2-5,8H,6-7,9H2,1H3,(H,16,20). The summed E-state index contributed by atoms with van der Waals surface area (Å²) < 4.78 is 0.837. The van der Waals surface area contributed by atoms with E-state index in [4.69, 9.17) is 0 Å². The van der Waals surface area contributed by atoms with Crippen LogP contribution in [0.4, 0.5) is 4.79 Å². The van der Waals surface area contributed by atoms with E-state index >= 15 is 0 Å². The van der Waals surface area contributed by atoms with Crippen LogP contribution in [0.5, 0.6) is 0 Å². The van der Waals surface area contributed by atoms with Crippen molar-refractivity contribution in [2.24, 2.45) is 0 Å². The highest BCUT2D eigenvalue weighted by molar-refractivity contribution is 8.01. The molecule has 2 aromatic rings. The molecule has 1 N–H and O–H groups in total. The summed E-state index contributed by atoms with van der Waals surface area (Å²) in [5, 5.41) is 4.61. The molecule has 3 amide bonds. The largest absolute Gasteiger partial charge is 0.336 e. The maximum atomic E-state index is 12.0. The average molecular weight is 333 g/mol. The lowest BCUT2D eigenvalue weighted by atomic mass is 10.1. The lowest BCUT2D eigenvalue weighted by Crippen LogP contribution is -2.35. The van der Waals surface area contributed by atoms with Gasteiger partial charge in [0.25, 0.3) is 0 Å². The Hall–Kier alpha value is -1.86. The summed E-state index contributed by atoms with van der Waals surface area (Å²) in [4.78, 5) is 29.2. The van der Waals surface area contributed by atoms with Crippen LogP contribution in [0.3, 0.4) is 0 Å². The number of benzene rings is 1. The predicted octanol–water partition coefficient (Wildman–Crippen LogP) is 2.76. The van der Waals surface area contributed by atoms with Gasteiger partial charge in [0.15, 0.2) is 4.34 Å². The van der Waals surface area contributed by atoms with Gasteiger partial charge in [-0.15, -0.1) is 11.3 Å². The first-order chi connectivity index (χ1) is 10.6. The highest BCUT2D eigenvalue weighted by Crippen LogP contribution is 2.28. The number of imide groups is 1. The molecule has 1 aliphatic heterocycles. The zero-order chi connectivity index (χ0) is 15.5. The molecule has 0 unspecified atom stereocenters. The van der Waals surface area contributed by atoms with Crippen LogP contribution in [0.2, 0.25) is 0 Å². The van der Waals surface area contributed by atoms with Crippen molar-refractivity contribution in [1.82, 2.24) is 15.2 Å². The number of aromatic nitrogens is 1. The first-order valence-corrected chi connectivity index (χ1v) is 8.73. The number of amides is 3. The fourth-order valence-corrected chi connectivity index (χ4v) is 3.80. The second-order valence-electron chi connectivity index (χ2n) is 4.93. The fraction of sp³-hybridized carbons (Fsp3) is 0.267. The summed E-state index contributed by atoms with van der Waals surface area (Å²) in [6.07, 6.45) is 0. The van der Waals surface area contributed by atoms with Crippen molar-refractivity contribution in [3.05, 3.63) is 35.2 Å². The van der Waals surface area contributed by atoms with E-state index in [0.29, 0.717) is 13.1 Å². The van der Waals surface area contributed by atoms with Crippen LogP contribution in [0, 0.1) is 6.92 Å². The van der Waals surface area contributed by atoms with Crippen LogP contribution >= 0.6 is 23.1 Å². The van der Waals surface area contributed by atoms with Crippen molar-refractivity contribution in [1.29, 1.82) is 0 Å². The van der Waals surface area contributed by atoms with Crippen LogP contribution in [-0.2, 0) is 4.79 Å². The van der Waals surface area contributed by atoms with Gasteiger partial charge in [0.1, 0.15) is 0 Å². The number of aryl methyl sites for hydroxylation is 1. The highest BCUT2D eigenvalue weighted by atomic mass is 32.2. The smallest absolute Gasteiger partial charge is 0.324 e. The molecular weight excluding hydrogens is 318 g/mol. The molecule has 7 heteroatoms. The van der Waals surface area contributed by atoms with Gasteiger partial charge >= 0.3 is 6.03 Å². The second-order valence-corrected chi connectivity index (χ2v) is 7.01. The third kappa shape index (κ3) is 3.31. The Morgan fingerprint density at radius 3 is 2.86 bits per heavy atom. The van der Waals surface area contributed by atoms with Crippen LogP contribution in [0.15, 0.2) is 34.0 Å². The van der Waals surface area contributed by atoms with E-state index in [1.807, 2.05) is 24.4 Å². The SMILES string of the molecule is Cc1ccc(-c2csc(SCC(=O)N3CCNC3=O)n2)cc1. The summed E-state index contributed by atoms with van der Waals surface area (Å²) in [6, 6.07) is 7.88. The molecule has 1 fully saturated rings. The van der Waals surface area contributed by atoms with Crippen LogP contribution in [-0.4, -0.2) is 40.7 Å². The molecule has 0 radical (unpaired) electrons. The quantitative estimate of drug-likeness (QED) is 0.874. The number of thioether (sulfide) groups is 1. The molecule has 0 saturated carbocycles. The maximum Gasteiger partial charge on any atom is 0.324 e. The Bertz CT molecular complexity index is 697. The highest BCUT2D eigenvalue weighted by Gasteiger charge is 2.26. The second kappa shape index (κ2) is 6.50. The van der Waals surface area contributed by atoms with Gasteiger partial charge in [-0.05, 0) is 6.92 Å². The van der Waals surface area contributed by atoms with E-state index in [1.165, 1.54) is 33.6 Å². The normalized spacial score (nSPS) is 14.2. The number of hydrogen-bond donors (Lipinski definition) is 1. The first-order valence-electron chi connectivity index (χ1n) is 6.87. The summed E-state index contributed by atoms with van der Waals surface area (Å²) in [6.45, 7) is 3.03. The monoisotopic (exact) mass is 333 g/mol. The molecule has 2 heterocycles. The maximum absolute atomic E-state index is 12.0. The summed E-state index contributed by atoms with van der Waals surface area (Å²) in [7, 11) is 0.